The topological polar surface area (TPSA) is 109 Å². The molecule has 0 saturated carbocycles. The number of benzene rings is 1. The average molecular weight is 337 g/mol. The first-order valence-electron chi connectivity index (χ1n) is 8.26. The van der Waals surface area contributed by atoms with E-state index in [1.807, 2.05) is 30.3 Å². The molecule has 0 amide bonds. The fourth-order valence-electron chi connectivity index (χ4n) is 2.89. The van der Waals surface area contributed by atoms with Crippen molar-refractivity contribution in [2.75, 3.05) is 18.1 Å². The summed E-state index contributed by atoms with van der Waals surface area (Å²) in [6, 6.07) is 9.65. The summed E-state index contributed by atoms with van der Waals surface area (Å²) in [7, 11) is 0. The van der Waals surface area contributed by atoms with Crippen molar-refractivity contribution in [2.45, 2.75) is 25.6 Å². The molecule has 1 saturated heterocycles. The fourth-order valence-corrected chi connectivity index (χ4v) is 2.89. The first kappa shape index (κ1) is 15.6. The van der Waals surface area contributed by atoms with Gasteiger partial charge in [0, 0.05) is 23.6 Å². The Labute approximate surface area is 145 Å². The third kappa shape index (κ3) is 3.32. The second kappa shape index (κ2) is 6.52. The molecule has 0 spiro atoms. The summed E-state index contributed by atoms with van der Waals surface area (Å²) in [5.41, 5.74) is 13.9. The molecule has 1 aliphatic heterocycles. The number of hydrogen-bond acceptors (Lipinski definition) is 7. The van der Waals surface area contributed by atoms with Crippen LogP contribution in [0.15, 0.2) is 36.5 Å². The lowest BCUT2D eigenvalue weighted by Crippen LogP contribution is -2.24. The van der Waals surface area contributed by atoms with Gasteiger partial charge in [0.1, 0.15) is 11.6 Å². The number of pyridine rings is 1. The number of aromatic nitrogens is 3. The average Bonchev–Trinajstić information content (AvgIpc) is 2.63. The molecule has 25 heavy (non-hydrogen) atoms. The lowest BCUT2D eigenvalue weighted by Gasteiger charge is -2.23. The molecule has 0 radical (unpaired) electrons. The van der Waals surface area contributed by atoms with Gasteiger partial charge in [-0.3, -0.25) is 0 Å². The quantitative estimate of drug-likeness (QED) is 0.756. The summed E-state index contributed by atoms with van der Waals surface area (Å²) >= 11 is 0. The smallest absolute Gasteiger partial charge is 0.222 e. The maximum absolute atomic E-state index is 6.09. The normalized spacial score (nSPS) is 17.5. The molecular weight excluding hydrogens is 318 g/mol. The second-order valence-corrected chi connectivity index (χ2v) is 6.00. The minimum absolute atomic E-state index is 0.158. The zero-order valence-electron chi connectivity index (χ0n) is 13.7. The molecule has 0 aliphatic carbocycles. The maximum atomic E-state index is 6.09. The van der Waals surface area contributed by atoms with Crippen molar-refractivity contribution in [1.29, 1.82) is 0 Å². The van der Waals surface area contributed by atoms with Crippen molar-refractivity contribution >= 4 is 22.8 Å². The van der Waals surface area contributed by atoms with E-state index in [9.17, 15) is 0 Å². The molecule has 128 valence electrons. The predicted molar refractivity (Wildman–Crippen MR) is 95.8 cm³/mol. The van der Waals surface area contributed by atoms with Crippen molar-refractivity contribution < 1.29 is 9.47 Å². The summed E-state index contributed by atoms with van der Waals surface area (Å²) in [4.78, 5) is 12.4. The minimum Gasteiger partial charge on any atom is -0.465 e. The number of fused-ring (bicyclic) bond motifs is 1. The predicted octanol–water partition coefficient (Wildman–Crippen LogP) is 2.76. The van der Waals surface area contributed by atoms with Gasteiger partial charge < -0.3 is 20.9 Å². The van der Waals surface area contributed by atoms with Gasteiger partial charge in [-0.05, 0) is 36.6 Å². The van der Waals surface area contributed by atoms with Gasteiger partial charge in [0.2, 0.25) is 5.95 Å². The third-order valence-corrected chi connectivity index (χ3v) is 4.19. The molecule has 3 aromatic rings. The molecule has 2 aromatic heterocycles. The number of hydrogen-bond donors (Lipinski definition) is 2. The van der Waals surface area contributed by atoms with Crippen LogP contribution in [0, 0.1) is 0 Å². The molecule has 1 atom stereocenters. The zero-order valence-corrected chi connectivity index (χ0v) is 13.7. The lowest BCUT2D eigenvalue weighted by atomic mass is 10.1. The van der Waals surface area contributed by atoms with Crippen LogP contribution in [0.4, 0.5) is 11.8 Å². The van der Waals surface area contributed by atoms with Crippen LogP contribution in [0.3, 0.4) is 0 Å². The first-order chi connectivity index (χ1) is 12.2. The lowest BCUT2D eigenvalue weighted by molar-refractivity contribution is -0.105. The summed E-state index contributed by atoms with van der Waals surface area (Å²) in [6.45, 7) is 0.759. The summed E-state index contributed by atoms with van der Waals surface area (Å²) in [5.74, 6) is 1.35. The highest BCUT2D eigenvalue weighted by molar-refractivity contribution is 5.86. The molecule has 4 rings (SSSR count). The van der Waals surface area contributed by atoms with E-state index in [1.165, 1.54) is 0 Å². The Morgan fingerprint density at radius 1 is 1.08 bits per heavy atom. The number of rotatable bonds is 3. The zero-order chi connectivity index (χ0) is 17.2. The number of anilines is 2. The highest BCUT2D eigenvalue weighted by atomic mass is 16.7. The van der Waals surface area contributed by atoms with Crippen molar-refractivity contribution in [2.24, 2.45) is 0 Å². The Kier molecular flexibility index (Phi) is 4.07. The van der Waals surface area contributed by atoms with Crippen LogP contribution in [0.25, 0.3) is 22.2 Å². The van der Waals surface area contributed by atoms with Gasteiger partial charge in [-0.2, -0.15) is 4.98 Å². The monoisotopic (exact) mass is 337 g/mol. The number of nitrogen functional groups attached to an aromatic ring is 2. The maximum Gasteiger partial charge on any atom is 0.222 e. The van der Waals surface area contributed by atoms with Gasteiger partial charge in [0.15, 0.2) is 11.9 Å². The molecule has 1 aromatic carbocycles. The molecule has 0 bridgehead atoms. The van der Waals surface area contributed by atoms with E-state index in [4.69, 9.17) is 20.9 Å². The summed E-state index contributed by atoms with van der Waals surface area (Å²) in [6.07, 6.45) is 4.64. The van der Waals surface area contributed by atoms with Crippen LogP contribution >= 0.6 is 0 Å². The van der Waals surface area contributed by atoms with E-state index in [2.05, 4.69) is 15.0 Å². The Morgan fingerprint density at radius 2 is 1.92 bits per heavy atom. The minimum atomic E-state index is -0.158. The van der Waals surface area contributed by atoms with Crippen LogP contribution in [0.1, 0.15) is 19.3 Å². The molecular formula is C18H19N5O2. The Hall–Kier alpha value is -2.93. The van der Waals surface area contributed by atoms with Crippen molar-refractivity contribution in [1.82, 2.24) is 15.0 Å². The van der Waals surface area contributed by atoms with Gasteiger partial charge in [-0.25, -0.2) is 9.97 Å². The molecule has 1 fully saturated rings. The number of ether oxygens (including phenoxy) is 2. The first-order valence-corrected chi connectivity index (χ1v) is 8.26. The van der Waals surface area contributed by atoms with E-state index in [-0.39, 0.29) is 12.2 Å². The molecule has 7 heteroatoms. The number of nitrogens with two attached hydrogens (primary N) is 2. The highest BCUT2D eigenvalue weighted by Gasteiger charge is 2.15. The van der Waals surface area contributed by atoms with Crippen molar-refractivity contribution in [3.63, 3.8) is 0 Å². The third-order valence-electron chi connectivity index (χ3n) is 4.19. The molecule has 7 nitrogen and oxygen atoms in total. The van der Waals surface area contributed by atoms with E-state index in [0.717, 1.165) is 48.1 Å². The largest absolute Gasteiger partial charge is 0.465 e. The highest BCUT2D eigenvalue weighted by Crippen LogP contribution is 2.29. The van der Waals surface area contributed by atoms with Gasteiger partial charge >= 0.3 is 0 Å². The van der Waals surface area contributed by atoms with Crippen molar-refractivity contribution in [3.8, 4) is 16.9 Å². The molecule has 1 aliphatic rings. The molecule has 4 N–H and O–H groups in total. The Bertz CT molecular complexity index is 892. The Morgan fingerprint density at radius 3 is 2.68 bits per heavy atom. The standard InChI is InChI=1S/C18H19N5O2/c19-16-14(9-12-10-21-18(20)23-17(12)22-16)11-4-6-13(7-5-11)25-15-3-1-2-8-24-15/h4-7,9-10,15H,1-3,8H2,(H4,19,20,21,22,23). The van der Waals surface area contributed by atoms with Gasteiger partial charge in [0.05, 0.1) is 6.61 Å². The van der Waals surface area contributed by atoms with E-state index in [1.54, 1.807) is 6.20 Å². The fraction of sp³-hybridized carbons (Fsp3) is 0.278. The van der Waals surface area contributed by atoms with Gasteiger partial charge in [0.25, 0.3) is 0 Å². The van der Waals surface area contributed by atoms with Crippen LogP contribution < -0.4 is 16.2 Å². The summed E-state index contributed by atoms with van der Waals surface area (Å²) in [5, 5.41) is 0.786. The van der Waals surface area contributed by atoms with Crippen LogP contribution in [0.5, 0.6) is 5.75 Å². The van der Waals surface area contributed by atoms with E-state index >= 15 is 0 Å². The van der Waals surface area contributed by atoms with Gasteiger partial charge in [-0.15, -0.1) is 0 Å². The second-order valence-electron chi connectivity index (χ2n) is 6.00. The molecule has 3 heterocycles. The summed E-state index contributed by atoms with van der Waals surface area (Å²) < 4.78 is 11.5. The SMILES string of the molecule is Nc1ncc2cc(-c3ccc(OC4CCCCO4)cc3)c(N)nc2n1. The van der Waals surface area contributed by atoms with E-state index in [0.29, 0.717) is 11.5 Å². The van der Waals surface area contributed by atoms with Crippen LogP contribution in [0.2, 0.25) is 0 Å². The molecule has 1 unspecified atom stereocenters. The van der Waals surface area contributed by atoms with E-state index < -0.39 is 0 Å². The number of nitrogens with zero attached hydrogens (tertiary/aromatic N) is 3. The Balaban J connectivity index is 1.60. The van der Waals surface area contributed by atoms with Gasteiger partial charge in [-0.1, -0.05) is 12.1 Å². The van der Waals surface area contributed by atoms with Crippen molar-refractivity contribution in [3.05, 3.63) is 36.5 Å². The van der Waals surface area contributed by atoms with Crippen LogP contribution in [-0.4, -0.2) is 27.8 Å². The van der Waals surface area contributed by atoms with Crippen LogP contribution in [-0.2, 0) is 4.74 Å².